The number of ether oxygens (including phenoxy) is 1. The van der Waals surface area contributed by atoms with Crippen LogP contribution in [0, 0.1) is 16.0 Å². The van der Waals surface area contributed by atoms with Gasteiger partial charge < -0.3 is 20.1 Å². The standard InChI is InChI=1S/C20H21N3O8S/c1-11(24)17-15-9-16(32(30)8-7-21-12(2)25)18(22(15)19(17)26)20(27)31-10-13-3-5-14(6-4-13)23(28)29/h3-8,11,15,17,24H,9-10H2,1-2H3,(H,21,25)/t11?,15-,17+,32+/m1/s1. The van der Waals surface area contributed by atoms with E-state index in [-0.39, 0.29) is 35.2 Å². The highest BCUT2D eigenvalue weighted by molar-refractivity contribution is 7.91. The number of nitrogens with zero attached hydrogens (tertiary/aromatic N) is 2. The zero-order valence-corrected chi connectivity index (χ0v) is 18.0. The number of rotatable bonds is 8. The van der Waals surface area contributed by atoms with Crippen molar-refractivity contribution in [1.82, 2.24) is 10.2 Å². The molecule has 0 bridgehead atoms. The van der Waals surface area contributed by atoms with E-state index in [1.54, 1.807) is 0 Å². The highest BCUT2D eigenvalue weighted by Crippen LogP contribution is 2.45. The summed E-state index contributed by atoms with van der Waals surface area (Å²) in [4.78, 5) is 47.9. The van der Waals surface area contributed by atoms with Crippen molar-refractivity contribution in [3.63, 3.8) is 0 Å². The van der Waals surface area contributed by atoms with Gasteiger partial charge >= 0.3 is 5.97 Å². The van der Waals surface area contributed by atoms with Gasteiger partial charge in [0.25, 0.3) is 5.69 Å². The number of fused-ring (bicyclic) bond motifs is 1. The second kappa shape index (κ2) is 9.40. The van der Waals surface area contributed by atoms with Crippen molar-refractivity contribution in [1.29, 1.82) is 0 Å². The molecule has 2 aliphatic heterocycles. The number of aliphatic hydroxyl groups is 1. The second-order valence-corrected chi connectivity index (χ2v) is 8.68. The first-order valence-electron chi connectivity index (χ1n) is 9.61. The van der Waals surface area contributed by atoms with Crippen LogP contribution in [-0.4, -0.2) is 49.1 Å². The van der Waals surface area contributed by atoms with Gasteiger partial charge in [0.15, 0.2) is 0 Å². The molecule has 4 atom stereocenters. The average Bonchev–Trinajstić information content (AvgIpc) is 3.06. The molecule has 2 aliphatic rings. The minimum Gasteiger partial charge on any atom is -0.456 e. The molecule has 0 spiro atoms. The Morgan fingerprint density at radius 2 is 2.06 bits per heavy atom. The third-order valence-electron chi connectivity index (χ3n) is 5.12. The molecule has 2 heterocycles. The number of hydrogen-bond donors (Lipinski definition) is 2. The van der Waals surface area contributed by atoms with Crippen LogP contribution < -0.4 is 5.32 Å². The molecule has 1 unspecified atom stereocenters. The zero-order valence-electron chi connectivity index (χ0n) is 17.2. The van der Waals surface area contributed by atoms with Crippen molar-refractivity contribution >= 4 is 34.3 Å². The van der Waals surface area contributed by atoms with E-state index in [0.29, 0.717) is 5.56 Å². The van der Waals surface area contributed by atoms with Crippen molar-refractivity contribution in [2.24, 2.45) is 5.92 Å². The molecule has 2 amide bonds. The molecule has 32 heavy (non-hydrogen) atoms. The van der Waals surface area contributed by atoms with Gasteiger partial charge in [-0.05, 0) is 24.6 Å². The lowest BCUT2D eigenvalue weighted by Gasteiger charge is -2.44. The summed E-state index contributed by atoms with van der Waals surface area (Å²) < 4.78 is 18.0. The van der Waals surface area contributed by atoms with Gasteiger partial charge in [-0.1, -0.05) is 0 Å². The van der Waals surface area contributed by atoms with E-state index in [0.717, 1.165) is 0 Å². The fraction of sp³-hybridized carbons (Fsp3) is 0.350. The molecular weight excluding hydrogens is 442 g/mol. The Morgan fingerprint density at radius 1 is 1.41 bits per heavy atom. The summed E-state index contributed by atoms with van der Waals surface area (Å²) in [6.07, 6.45) is 0.360. The highest BCUT2D eigenvalue weighted by Gasteiger charge is 2.57. The van der Waals surface area contributed by atoms with Crippen molar-refractivity contribution in [2.75, 3.05) is 0 Å². The van der Waals surface area contributed by atoms with Crippen LogP contribution in [0.1, 0.15) is 25.8 Å². The number of carbonyl (C=O) groups excluding carboxylic acids is 3. The van der Waals surface area contributed by atoms with Crippen LogP contribution in [0.2, 0.25) is 0 Å². The van der Waals surface area contributed by atoms with Crippen LogP contribution in [-0.2, 0) is 36.5 Å². The zero-order chi connectivity index (χ0) is 23.6. The largest absolute Gasteiger partial charge is 0.456 e. The normalized spacial score (nSPS) is 21.7. The van der Waals surface area contributed by atoms with Crippen LogP contribution in [0.25, 0.3) is 0 Å². The van der Waals surface area contributed by atoms with E-state index in [2.05, 4.69) is 5.32 Å². The number of amides is 2. The maximum Gasteiger partial charge on any atom is 0.356 e. The lowest BCUT2D eigenvalue weighted by Crippen LogP contribution is -2.61. The van der Waals surface area contributed by atoms with E-state index in [4.69, 9.17) is 4.74 Å². The van der Waals surface area contributed by atoms with Crippen LogP contribution in [0.5, 0.6) is 0 Å². The summed E-state index contributed by atoms with van der Waals surface area (Å²) in [5.41, 5.74) is 0.231. The summed E-state index contributed by atoms with van der Waals surface area (Å²) in [6, 6.07) is 4.90. The summed E-state index contributed by atoms with van der Waals surface area (Å²) in [5.74, 6) is -2.43. The Labute approximate surface area is 185 Å². The summed E-state index contributed by atoms with van der Waals surface area (Å²) in [5, 5.41) is 24.2. The maximum absolute atomic E-state index is 12.8. The number of esters is 1. The molecule has 0 aliphatic carbocycles. The third-order valence-corrected chi connectivity index (χ3v) is 6.35. The van der Waals surface area contributed by atoms with Crippen LogP contribution in [0.4, 0.5) is 5.69 Å². The minimum atomic E-state index is -1.83. The quantitative estimate of drug-likeness (QED) is 0.248. The average molecular weight is 463 g/mol. The molecule has 3 rings (SSSR count). The van der Waals surface area contributed by atoms with E-state index in [9.17, 15) is 33.8 Å². The number of hydrogen-bond acceptors (Lipinski definition) is 8. The number of β-lactam (4-membered cyclic amide) rings is 1. The van der Waals surface area contributed by atoms with Gasteiger partial charge in [0.1, 0.15) is 12.3 Å². The predicted octanol–water partition coefficient (Wildman–Crippen LogP) is 0.817. The monoisotopic (exact) mass is 463 g/mol. The molecule has 12 heteroatoms. The van der Waals surface area contributed by atoms with Gasteiger partial charge in [-0.3, -0.25) is 19.7 Å². The maximum atomic E-state index is 12.8. The van der Waals surface area contributed by atoms with Crippen molar-refractivity contribution in [2.45, 2.75) is 39.0 Å². The van der Waals surface area contributed by atoms with Crippen LogP contribution in [0.3, 0.4) is 0 Å². The molecule has 2 N–H and O–H groups in total. The van der Waals surface area contributed by atoms with E-state index >= 15 is 0 Å². The molecule has 170 valence electrons. The number of nitrogens with one attached hydrogen (secondary N) is 1. The summed E-state index contributed by atoms with van der Waals surface area (Å²) >= 11 is 0. The van der Waals surface area contributed by atoms with Crippen LogP contribution in [0.15, 0.2) is 46.5 Å². The van der Waals surface area contributed by atoms with Gasteiger partial charge in [-0.15, -0.1) is 0 Å². The predicted molar refractivity (Wildman–Crippen MR) is 111 cm³/mol. The Balaban J connectivity index is 1.80. The van der Waals surface area contributed by atoms with Gasteiger partial charge in [0, 0.05) is 37.1 Å². The fourth-order valence-electron chi connectivity index (χ4n) is 3.63. The first-order chi connectivity index (χ1) is 15.1. The molecular formula is C20H21N3O8S. The van der Waals surface area contributed by atoms with Crippen molar-refractivity contribution < 1.29 is 33.4 Å². The number of carbonyl (C=O) groups is 3. The SMILES string of the molecule is CC(=O)NC=C[S@](=O)C1=C(C(=O)OCc2ccc([N+](=O)[O-])cc2)N2C(=O)[C@@H](C(C)O)[C@H]2C1. The first kappa shape index (κ1) is 23.3. The molecule has 0 saturated carbocycles. The number of aliphatic hydroxyl groups excluding tert-OH is 1. The van der Waals surface area contributed by atoms with Gasteiger partial charge in [-0.25, -0.2) is 9.00 Å². The van der Waals surface area contributed by atoms with Gasteiger partial charge in [-0.2, -0.15) is 0 Å². The molecule has 11 nitrogen and oxygen atoms in total. The number of nitro groups is 1. The summed E-state index contributed by atoms with van der Waals surface area (Å²) in [6.45, 7) is 2.54. The van der Waals surface area contributed by atoms with Gasteiger partial charge in [0.05, 0.1) is 38.7 Å². The Morgan fingerprint density at radius 3 is 2.62 bits per heavy atom. The molecule has 1 saturated heterocycles. The molecule has 1 fully saturated rings. The first-order valence-corrected chi connectivity index (χ1v) is 10.8. The molecule has 1 aromatic carbocycles. The topological polar surface area (TPSA) is 156 Å². The van der Waals surface area contributed by atoms with E-state index < -0.39 is 45.7 Å². The number of nitro benzene ring substituents is 1. The number of benzene rings is 1. The summed E-state index contributed by atoms with van der Waals surface area (Å²) in [7, 11) is -1.83. The van der Waals surface area contributed by atoms with Gasteiger partial charge in [0.2, 0.25) is 11.8 Å². The smallest absolute Gasteiger partial charge is 0.356 e. The van der Waals surface area contributed by atoms with E-state index in [1.807, 2.05) is 0 Å². The van der Waals surface area contributed by atoms with Crippen molar-refractivity contribution in [3.05, 3.63) is 62.2 Å². The lowest BCUT2D eigenvalue weighted by molar-refractivity contribution is -0.384. The van der Waals surface area contributed by atoms with Crippen LogP contribution >= 0.6 is 0 Å². The second-order valence-electron chi connectivity index (χ2n) is 7.32. The fourth-order valence-corrected chi connectivity index (χ4v) is 4.69. The Hall–Kier alpha value is -3.38. The lowest BCUT2D eigenvalue weighted by atomic mass is 9.83. The van der Waals surface area contributed by atoms with E-state index in [1.165, 1.54) is 54.6 Å². The Kier molecular flexibility index (Phi) is 6.84. The molecule has 0 radical (unpaired) electrons. The minimum absolute atomic E-state index is 0.111. The molecule has 1 aromatic rings. The number of non-ortho nitro benzene ring substituents is 1. The van der Waals surface area contributed by atoms with Crippen molar-refractivity contribution in [3.8, 4) is 0 Å². The highest BCUT2D eigenvalue weighted by atomic mass is 32.2. The Bertz CT molecular complexity index is 1050. The third kappa shape index (κ3) is 4.60. The molecule has 0 aromatic heterocycles.